The molecule has 0 aliphatic carbocycles. The summed E-state index contributed by atoms with van der Waals surface area (Å²) in [6, 6.07) is 7.22. The van der Waals surface area contributed by atoms with E-state index < -0.39 is 0 Å². The molecule has 21 heavy (non-hydrogen) atoms. The fourth-order valence-corrected chi connectivity index (χ4v) is 3.66. The number of piperidine rings is 1. The Morgan fingerprint density at radius 2 is 2.14 bits per heavy atom. The third-order valence-corrected chi connectivity index (χ3v) is 4.70. The Labute approximate surface area is 127 Å². The number of hydrogen-bond donors (Lipinski definition) is 1. The number of likely N-dealkylation sites (tertiary alicyclic amines) is 1. The molecule has 2 N–H and O–H groups in total. The van der Waals surface area contributed by atoms with Crippen LogP contribution in [0.15, 0.2) is 18.2 Å². The van der Waals surface area contributed by atoms with E-state index in [1.165, 1.54) is 37.7 Å². The smallest absolute Gasteiger partial charge is 0.231 e. The molecule has 2 aliphatic rings. The number of rotatable bonds is 5. The summed E-state index contributed by atoms with van der Waals surface area (Å²) >= 11 is 0. The summed E-state index contributed by atoms with van der Waals surface area (Å²) in [6.07, 6.45) is 6.43. The van der Waals surface area contributed by atoms with E-state index in [0.29, 0.717) is 19.4 Å². The quantitative estimate of drug-likeness (QED) is 0.905. The molecule has 0 spiro atoms. The van der Waals surface area contributed by atoms with Crippen LogP contribution in [-0.2, 0) is 0 Å². The summed E-state index contributed by atoms with van der Waals surface area (Å²) in [5.41, 5.74) is 7.38. The summed E-state index contributed by atoms with van der Waals surface area (Å²) in [5.74, 6) is 1.70. The van der Waals surface area contributed by atoms with E-state index in [1.54, 1.807) is 0 Å². The molecule has 2 atom stereocenters. The SMILES string of the molecule is CCCC1CCCCN1C(CN)c1ccc2c(c1)OCO2. The van der Waals surface area contributed by atoms with Crippen LogP contribution in [0.1, 0.15) is 50.6 Å². The van der Waals surface area contributed by atoms with E-state index in [-0.39, 0.29) is 6.04 Å². The van der Waals surface area contributed by atoms with Crippen LogP contribution in [0, 0.1) is 0 Å². The predicted octanol–water partition coefficient (Wildman–Crippen LogP) is 3.07. The first-order valence-electron chi connectivity index (χ1n) is 8.19. The van der Waals surface area contributed by atoms with E-state index in [9.17, 15) is 0 Å². The Morgan fingerprint density at radius 1 is 1.29 bits per heavy atom. The Kier molecular flexibility index (Phi) is 4.66. The predicted molar refractivity (Wildman–Crippen MR) is 83.6 cm³/mol. The maximum Gasteiger partial charge on any atom is 0.231 e. The Balaban J connectivity index is 1.82. The third-order valence-electron chi connectivity index (χ3n) is 4.70. The van der Waals surface area contributed by atoms with Gasteiger partial charge in [-0.25, -0.2) is 0 Å². The van der Waals surface area contributed by atoms with Crippen LogP contribution < -0.4 is 15.2 Å². The van der Waals surface area contributed by atoms with Crippen LogP contribution in [0.25, 0.3) is 0 Å². The normalized spacial score (nSPS) is 23.2. The molecule has 1 aromatic rings. The highest BCUT2D eigenvalue weighted by Crippen LogP contribution is 2.37. The molecule has 4 nitrogen and oxygen atoms in total. The van der Waals surface area contributed by atoms with E-state index in [0.717, 1.165) is 18.0 Å². The first kappa shape index (κ1) is 14.7. The maximum absolute atomic E-state index is 6.13. The van der Waals surface area contributed by atoms with Crippen molar-refractivity contribution in [2.24, 2.45) is 5.73 Å². The van der Waals surface area contributed by atoms with Gasteiger partial charge in [0.05, 0.1) is 0 Å². The summed E-state index contributed by atoms with van der Waals surface area (Å²) in [6.45, 7) is 4.40. The second-order valence-corrected chi connectivity index (χ2v) is 6.04. The van der Waals surface area contributed by atoms with Crippen molar-refractivity contribution < 1.29 is 9.47 Å². The molecule has 1 saturated heterocycles. The van der Waals surface area contributed by atoms with Crippen molar-refractivity contribution in [1.82, 2.24) is 4.90 Å². The zero-order valence-corrected chi connectivity index (χ0v) is 12.9. The Morgan fingerprint density at radius 3 is 2.95 bits per heavy atom. The highest BCUT2D eigenvalue weighted by Gasteiger charge is 2.29. The molecular weight excluding hydrogens is 264 g/mol. The molecule has 0 radical (unpaired) electrons. The van der Waals surface area contributed by atoms with E-state index in [1.807, 2.05) is 6.07 Å². The molecule has 1 aromatic carbocycles. The second kappa shape index (κ2) is 6.67. The fourth-order valence-electron chi connectivity index (χ4n) is 3.66. The van der Waals surface area contributed by atoms with Crippen LogP contribution >= 0.6 is 0 Å². The van der Waals surface area contributed by atoms with Crippen molar-refractivity contribution in [3.8, 4) is 11.5 Å². The molecule has 116 valence electrons. The first-order chi connectivity index (χ1) is 10.3. The van der Waals surface area contributed by atoms with Gasteiger partial charge in [-0.3, -0.25) is 4.90 Å². The molecule has 3 rings (SSSR count). The highest BCUT2D eigenvalue weighted by atomic mass is 16.7. The lowest BCUT2D eigenvalue weighted by Crippen LogP contribution is -2.44. The van der Waals surface area contributed by atoms with Crippen molar-refractivity contribution in [2.45, 2.75) is 51.1 Å². The van der Waals surface area contributed by atoms with Crippen LogP contribution in [0.4, 0.5) is 0 Å². The minimum absolute atomic E-state index is 0.288. The van der Waals surface area contributed by atoms with Gasteiger partial charge in [0.25, 0.3) is 0 Å². The minimum Gasteiger partial charge on any atom is -0.454 e. The van der Waals surface area contributed by atoms with Crippen molar-refractivity contribution in [3.63, 3.8) is 0 Å². The lowest BCUT2D eigenvalue weighted by atomic mass is 9.93. The van der Waals surface area contributed by atoms with Gasteiger partial charge in [0, 0.05) is 18.6 Å². The highest BCUT2D eigenvalue weighted by molar-refractivity contribution is 5.45. The largest absolute Gasteiger partial charge is 0.454 e. The topological polar surface area (TPSA) is 47.7 Å². The Hall–Kier alpha value is -1.26. The monoisotopic (exact) mass is 290 g/mol. The number of hydrogen-bond acceptors (Lipinski definition) is 4. The number of fused-ring (bicyclic) bond motifs is 1. The summed E-state index contributed by atoms with van der Waals surface area (Å²) in [7, 11) is 0. The Bertz CT molecular complexity index is 476. The fraction of sp³-hybridized carbons (Fsp3) is 0.647. The standard InChI is InChI=1S/C17H26N2O2/c1-2-5-14-6-3-4-9-19(14)15(11-18)13-7-8-16-17(10-13)21-12-20-16/h7-8,10,14-15H,2-6,9,11-12,18H2,1H3. The van der Waals surface area contributed by atoms with Gasteiger partial charge in [-0.1, -0.05) is 25.8 Å². The van der Waals surface area contributed by atoms with Crippen molar-refractivity contribution in [3.05, 3.63) is 23.8 Å². The second-order valence-electron chi connectivity index (χ2n) is 6.04. The van der Waals surface area contributed by atoms with Crippen molar-refractivity contribution in [1.29, 1.82) is 0 Å². The first-order valence-corrected chi connectivity index (χ1v) is 8.19. The molecule has 0 saturated carbocycles. The van der Waals surface area contributed by atoms with Gasteiger partial charge in [-0.15, -0.1) is 0 Å². The molecule has 4 heteroatoms. The van der Waals surface area contributed by atoms with Gasteiger partial charge in [-0.2, -0.15) is 0 Å². The van der Waals surface area contributed by atoms with E-state index >= 15 is 0 Å². The third kappa shape index (κ3) is 3.01. The van der Waals surface area contributed by atoms with Gasteiger partial charge in [-0.05, 0) is 43.5 Å². The van der Waals surface area contributed by atoms with Crippen molar-refractivity contribution in [2.75, 3.05) is 19.9 Å². The number of nitrogens with zero attached hydrogens (tertiary/aromatic N) is 1. The molecule has 2 aliphatic heterocycles. The molecule has 2 heterocycles. The van der Waals surface area contributed by atoms with Crippen LogP contribution in [0.5, 0.6) is 11.5 Å². The number of benzene rings is 1. The zero-order valence-electron chi connectivity index (χ0n) is 12.9. The molecule has 0 amide bonds. The molecule has 2 unspecified atom stereocenters. The minimum atomic E-state index is 0.288. The van der Waals surface area contributed by atoms with Crippen LogP contribution in [0.2, 0.25) is 0 Å². The lowest BCUT2D eigenvalue weighted by Gasteiger charge is -2.41. The van der Waals surface area contributed by atoms with Gasteiger partial charge in [0.2, 0.25) is 6.79 Å². The summed E-state index contributed by atoms with van der Waals surface area (Å²) < 4.78 is 10.9. The molecular formula is C17H26N2O2. The lowest BCUT2D eigenvalue weighted by molar-refractivity contribution is 0.0911. The van der Waals surface area contributed by atoms with Crippen LogP contribution in [0.3, 0.4) is 0 Å². The van der Waals surface area contributed by atoms with Crippen LogP contribution in [-0.4, -0.2) is 30.8 Å². The van der Waals surface area contributed by atoms with Gasteiger partial charge < -0.3 is 15.2 Å². The molecule has 1 fully saturated rings. The number of nitrogens with two attached hydrogens (primary N) is 1. The van der Waals surface area contributed by atoms with Crippen molar-refractivity contribution >= 4 is 0 Å². The van der Waals surface area contributed by atoms with E-state index in [4.69, 9.17) is 15.2 Å². The average Bonchev–Trinajstić information content (AvgIpc) is 2.98. The molecule has 0 aromatic heterocycles. The summed E-state index contributed by atoms with van der Waals surface area (Å²) in [5, 5.41) is 0. The van der Waals surface area contributed by atoms with Gasteiger partial charge >= 0.3 is 0 Å². The van der Waals surface area contributed by atoms with Gasteiger partial charge in [0.15, 0.2) is 11.5 Å². The number of ether oxygens (including phenoxy) is 2. The van der Waals surface area contributed by atoms with Gasteiger partial charge in [0.1, 0.15) is 0 Å². The summed E-state index contributed by atoms with van der Waals surface area (Å²) in [4.78, 5) is 2.62. The zero-order chi connectivity index (χ0) is 14.7. The average molecular weight is 290 g/mol. The molecule has 0 bridgehead atoms. The maximum atomic E-state index is 6.13. The van der Waals surface area contributed by atoms with E-state index in [2.05, 4.69) is 24.0 Å².